The number of methoxy groups -OCH3 is 1. The SMILES string of the molecule is CCC(O)(CC)CNC(=O)NC1CCc2c(OC)cccc21. The van der Waals surface area contributed by atoms with Crippen LogP contribution in [-0.2, 0) is 6.42 Å². The number of hydrogen-bond acceptors (Lipinski definition) is 3. The minimum Gasteiger partial charge on any atom is -0.496 e. The quantitative estimate of drug-likeness (QED) is 0.756. The van der Waals surface area contributed by atoms with Crippen LogP contribution in [0.15, 0.2) is 18.2 Å². The van der Waals surface area contributed by atoms with Gasteiger partial charge in [-0.2, -0.15) is 0 Å². The van der Waals surface area contributed by atoms with Gasteiger partial charge in [0.25, 0.3) is 0 Å². The summed E-state index contributed by atoms with van der Waals surface area (Å²) in [6.45, 7) is 4.11. The third-order valence-electron chi connectivity index (χ3n) is 4.65. The van der Waals surface area contributed by atoms with Gasteiger partial charge in [0, 0.05) is 6.54 Å². The van der Waals surface area contributed by atoms with Crippen molar-refractivity contribution >= 4 is 6.03 Å². The zero-order chi connectivity index (χ0) is 16.2. The molecule has 2 rings (SSSR count). The van der Waals surface area contributed by atoms with Crippen molar-refractivity contribution in [2.45, 2.75) is 51.2 Å². The molecule has 0 fully saturated rings. The molecule has 1 aromatic rings. The Kier molecular flexibility index (Phi) is 5.29. The fourth-order valence-electron chi connectivity index (χ4n) is 2.92. The minimum atomic E-state index is -0.825. The van der Waals surface area contributed by atoms with Crippen molar-refractivity contribution in [2.24, 2.45) is 0 Å². The number of rotatable bonds is 6. The van der Waals surface area contributed by atoms with E-state index in [9.17, 15) is 9.90 Å². The van der Waals surface area contributed by atoms with Crippen LogP contribution in [0.5, 0.6) is 5.75 Å². The molecule has 1 atom stereocenters. The summed E-state index contributed by atoms with van der Waals surface area (Å²) in [5.41, 5.74) is 1.47. The third-order valence-corrected chi connectivity index (χ3v) is 4.65. The lowest BCUT2D eigenvalue weighted by molar-refractivity contribution is 0.0348. The first-order valence-electron chi connectivity index (χ1n) is 7.95. The van der Waals surface area contributed by atoms with Gasteiger partial charge in [-0.3, -0.25) is 0 Å². The molecule has 5 heteroatoms. The number of ether oxygens (including phenoxy) is 1. The van der Waals surface area contributed by atoms with Gasteiger partial charge in [0.15, 0.2) is 0 Å². The van der Waals surface area contributed by atoms with Gasteiger partial charge in [-0.1, -0.05) is 26.0 Å². The first-order chi connectivity index (χ1) is 10.5. The molecule has 122 valence electrons. The van der Waals surface area contributed by atoms with Crippen molar-refractivity contribution in [1.82, 2.24) is 10.6 Å². The number of carbonyl (C=O) groups is 1. The number of benzene rings is 1. The number of nitrogens with one attached hydrogen (secondary N) is 2. The smallest absolute Gasteiger partial charge is 0.315 e. The number of aliphatic hydroxyl groups is 1. The summed E-state index contributed by atoms with van der Waals surface area (Å²) < 4.78 is 5.37. The average Bonchev–Trinajstić information content (AvgIpc) is 2.95. The predicted octanol–water partition coefficient (Wildman–Crippen LogP) is 2.53. The van der Waals surface area contributed by atoms with Gasteiger partial charge in [0.2, 0.25) is 0 Å². The summed E-state index contributed by atoms with van der Waals surface area (Å²) >= 11 is 0. The standard InChI is InChI=1S/C17H26N2O3/c1-4-17(21,5-2)11-18-16(20)19-14-10-9-13-12(14)7-6-8-15(13)22-3/h6-8,14,21H,4-5,9-11H2,1-3H3,(H2,18,19,20). The Morgan fingerprint density at radius 2 is 2.14 bits per heavy atom. The summed E-state index contributed by atoms with van der Waals surface area (Å²) in [6.07, 6.45) is 3.01. The van der Waals surface area contributed by atoms with E-state index >= 15 is 0 Å². The predicted molar refractivity (Wildman–Crippen MR) is 86.1 cm³/mol. The molecule has 1 unspecified atom stereocenters. The normalized spacial score (nSPS) is 17.0. The second kappa shape index (κ2) is 7.01. The summed E-state index contributed by atoms with van der Waals surface area (Å²) in [5, 5.41) is 16.0. The monoisotopic (exact) mass is 306 g/mol. The highest BCUT2D eigenvalue weighted by atomic mass is 16.5. The van der Waals surface area contributed by atoms with Crippen molar-refractivity contribution in [3.8, 4) is 5.75 Å². The van der Waals surface area contributed by atoms with E-state index in [1.807, 2.05) is 32.0 Å². The molecule has 0 radical (unpaired) electrons. The van der Waals surface area contributed by atoms with Gasteiger partial charge >= 0.3 is 6.03 Å². The van der Waals surface area contributed by atoms with Gasteiger partial charge in [0.1, 0.15) is 5.75 Å². The third kappa shape index (κ3) is 3.53. The van der Waals surface area contributed by atoms with E-state index in [1.54, 1.807) is 7.11 Å². The van der Waals surface area contributed by atoms with E-state index in [4.69, 9.17) is 4.74 Å². The maximum atomic E-state index is 12.1. The first-order valence-corrected chi connectivity index (χ1v) is 7.95. The molecule has 1 aromatic carbocycles. The molecule has 2 amide bonds. The molecular weight excluding hydrogens is 280 g/mol. The second-order valence-corrected chi connectivity index (χ2v) is 5.88. The largest absolute Gasteiger partial charge is 0.496 e. The van der Waals surface area contributed by atoms with Crippen molar-refractivity contribution < 1.29 is 14.6 Å². The molecule has 0 saturated carbocycles. The highest BCUT2D eigenvalue weighted by Crippen LogP contribution is 2.36. The van der Waals surface area contributed by atoms with Crippen LogP contribution >= 0.6 is 0 Å². The molecule has 1 aliphatic rings. The van der Waals surface area contributed by atoms with Crippen LogP contribution < -0.4 is 15.4 Å². The summed E-state index contributed by atoms with van der Waals surface area (Å²) in [4.78, 5) is 12.1. The Balaban J connectivity index is 1.95. The van der Waals surface area contributed by atoms with Crippen molar-refractivity contribution in [3.05, 3.63) is 29.3 Å². The number of amides is 2. The zero-order valence-corrected chi connectivity index (χ0v) is 13.6. The number of fused-ring (bicyclic) bond motifs is 1. The molecular formula is C17H26N2O3. The maximum absolute atomic E-state index is 12.1. The van der Waals surface area contributed by atoms with Gasteiger partial charge in [0.05, 0.1) is 18.8 Å². The van der Waals surface area contributed by atoms with Crippen molar-refractivity contribution in [2.75, 3.05) is 13.7 Å². The summed E-state index contributed by atoms with van der Waals surface area (Å²) in [5.74, 6) is 0.883. The van der Waals surface area contributed by atoms with E-state index < -0.39 is 5.60 Å². The lowest BCUT2D eigenvalue weighted by atomic mass is 9.98. The maximum Gasteiger partial charge on any atom is 0.315 e. The molecule has 0 spiro atoms. The fraction of sp³-hybridized carbons (Fsp3) is 0.588. The number of urea groups is 1. The molecule has 0 aliphatic heterocycles. The van der Waals surface area contributed by atoms with Crippen LogP contribution in [0.25, 0.3) is 0 Å². The van der Waals surface area contributed by atoms with E-state index in [1.165, 1.54) is 5.56 Å². The Morgan fingerprint density at radius 3 is 2.77 bits per heavy atom. The van der Waals surface area contributed by atoms with Crippen LogP contribution in [0.3, 0.4) is 0 Å². The van der Waals surface area contributed by atoms with Crippen LogP contribution in [0.1, 0.15) is 50.3 Å². The highest BCUT2D eigenvalue weighted by molar-refractivity contribution is 5.74. The molecule has 0 saturated heterocycles. The van der Waals surface area contributed by atoms with Crippen LogP contribution in [0, 0.1) is 0 Å². The van der Waals surface area contributed by atoms with Gasteiger partial charge in [-0.25, -0.2) is 4.79 Å². The van der Waals surface area contributed by atoms with Gasteiger partial charge in [-0.15, -0.1) is 0 Å². The highest BCUT2D eigenvalue weighted by Gasteiger charge is 2.27. The molecule has 5 nitrogen and oxygen atoms in total. The van der Waals surface area contributed by atoms with Gasteiger partial charge in [-0.05, 0) is 42.9 Å². The topological polar surface area (TPSA) is 70.6 Å². The summed E-state index contributed by atoms with van der Waals surface area (Å²) in [6, 6.07) is 5.69. The molecule has 0 bridgehead atoms. The number of hydrogen-bond donors (Lipinski definition) is 3. The molecule has 3 N–H and O–H groups in total. The molecule has 1 aliphatic carbocycles. The van der Waals surface area contributed by atoms with E-state index in [2.05, 4.69) is 10.6 Å². The van der Waals surface area contributed by atoms with Crippen LogP contribution in [0.2, 0.25) is 0 Å². The Labute approximate surface area is 132 Å². The minimum absolute atomic E-state index is 0.00134. The molecule has 22 heavy (non-hydrogen) atoms. The lowest BCUT2D eigenvalue weighted by Gasteiger charge is -2.26. The Bertz CT molecular complexity index is 527. The number of carbonyl (C=O) groups excluding carboxylic acids is 1. The zero-order valence-electron chi connectivity index (χ0n) is 13.6. The lowest BCUT2D eigenvalue weighted by Crippen LogP contribution is -2.46. The van der Waals surface area contributed by atoms with E-state index in [0.29, 0.717) is 12.8 Å². The van der Waals surface area contributed by atoms with Crippen LogP contribution in [-0.4, -0.2) is 30.4 Å². The molecule has 0 aromatic heterocycles. The van der Waals surface area contributed by atoms with Crippen molar-refractivity contribution in [3.63, 3.8) is 0 Å². The second-order valence-electron chi connectivity index (χ2n) is 5.88. The molecule has 0 heterocycles. The van der Waals surface area contributed by atoms with Crippen molar-refractivity contribution in [1.29, 1.82) is 0 Å². The fourth-order valence-corrected chi connectivity index (χ4v) is 2.92. The average molecular weight is 306 g/mol. The van der Waals surface area contributed by atoms with E-state index in [-0.39, 0.29) is 18.6 Å². The van der Waals surface area contributed by atoms with E-state index in [0.717, 1.165) is 24.2 Å². The Hall–Kier alpha value is -1.75. The Morgan fingerprint density at radius 1 is 1.41 bits per heavy atom. The van der Waals surface area contributed by atoms with Crippen LogP contribution in [0.4, 0.5) is 4.79 Å². The van der Waals surface area contributed by atoms with Gasteiger partial charge < -0.3 is 20.5 Å². The first kappa shape index (κ1) is 16.6. The summed E-state index contributed by atoms with van der Waals surface area (Å²) in [7, 11) is 1.67.